The van der Waals surface area contributed by atoms with Crippen molar-refractivity contribution in [1.29, 1.82) is 0 Å². The lowest BCUT2D eigenvalue weighted by Crippen LogP contribution is -2.27. The Balaban J connectivity index is 1.31. The highest BCUT2D eigenvalue weighted by Gasteiger charge is 2.28. The first-order chi connectivity index (χ1) is 13.5. The monoisotopic (exact) mass is 417 g/mol. The van der Waals surface area contributed by atoms with E-state index in [4.69, 9.17) is 0 Å². The average Bonchev–Trinajstić information content (AvgIpc) is 3.43. The number of aromatic nitrogens is 1. The Morgan fingerprint density at radius 2 is 1.93 bits per heavy atom. The number of nitrogens with zero attached hydrogens (tertiary/aromatic N) is 1. The number of carbonyl (C=O) groups is 1. The van der Waals surface area contributed by atoms with Gasteiger partial charge < -0.3 is 10.3 Å². The van der Waals surface area contributed by atoms with E-state index < -0.39 is 10.0 Å². The Morgan fingerprint density at radius 1 is 1.14 bits per heavy atom. The molecular formula is C20H23N3O3S2. The molecule has 0 atom stereocenters. The van der Waals surface area contributed by atoms with Gasteiger partial charge in [-0.3, -0.25) is 4.79 Å². The standard InChI is InChI=1S/C20H23N3O3S2/c24-19(21-10-9-15-14-22-18-6-2-1-5-17(15)18)13-16-7-8-20(27-16)28(25,26)23-11-3-4-12-23/h1-2,5-8,14,22H,3-4,9-13H2,(H,21,24). The quantitative estimate of drug-likeness (QED) is 0.620. The van der Waals surface area contributed by atoms with Gasteiger partial charge in [0.1, 0.15) is 4.21 Å². The summed E-state index contributed by atoms with van der Waals surface area (Å²) in [5.41, 5.74) is 2.26. The second-order valence-corrected chi connectivity index (χ2v) is 10.3. The van der Waals surface area contributed by atoms with Gasteiger partial charge in [-0.05, 0) is 43.0 Å². The summed E-state index contributed by atoms with van der Waals surface area (Å²) < 4.78 is 27.0. The van der Waals surface area contributed by atoms with Gasteiger partial charge >= 0.3 is 0 Å². The van der Waals surface area contributed by atoms with Gasteiger partial charge in [-0.1, -0.05) is 18.2 Å². The summed E-state index contributed by atoms with van der Waals surface area (Å²) in [6.07, 6.45) is 4.75. The van der Waals surface area contributed by atoms with Gasteiger partial charge in [0, 0.05) is 41.6 Å². The third-order valence-electron chi connectivity index (χ3n) is 5.02. The lowest BCUT2D eigenvalue weighted by molar-refractivity contribution is -0.120. The minimum atomic E-state index is -3.40. The molecule has 6 nitrogen and oxygen atoms in total. The van der Waals surface area contributed by atoms with Crippen molar-refractivity contribution in [3.8, 4) is 0 Å². The van der Waals surface area contributed by atoms with Crippen LogP contribution in [0.2, 0.25) is 0 Å². The number of benzene rings is 1. The molecule has 4 rings (SSSR count). The molecule has 0 unspecified atom stereocenters. The third-order valence-corrected chi connectivity index (χ3v) is 8.47. The van der Waals surface area contributed by atoms with Crippen LogP contribution >= 0.6 is 11.3 Å². The summed E-state index contributed by atoms with van der Waals surface area (Å²) in [4.78, 5) is 16.2. The summed E-state index contributed by atoms with van der Waals surface area (Å²) in [6.45, 7) is 1.72. The topological polar surface area (TPSA) is 82.3 Å². The molecule has 8 heteroatoms. The maximum Gasteiger partial charge on any atom is 0.252 e. The van der Waals surface area contributed by atoms with E-state index in [2.05, 4.69) is 16.4 Å². The molecule has 1 aliphatic rings. The van der Waals surface area contributed by atoms with Gasteiger partial charge in [-0.25, -0.2) is 8.42 Å². The first-order valence-electron chi connectivity index (χ1n) is 9.44. The molecule has 0 radical (unpaired) electrons. The molecule has 0 saturated carbocycles. The fourth-order valence-corrected chi connectivity index (χ4v) is 6.57. The lowest BCUT2D eigenvalue weighted by Gasteiger charge is -2.13. The SMILES string of the molecule is O=C(Cc1ccc(S(=O)(=O)N2CCCC2)s1)NCCc1c[nH]c2ccccc12. The number of fused-ring (bicyclic) bond motifs is 1. The number of nitrogens with one attached hydrogen (secondary N) is 2. The van der Waals surface area contributed by atoms with Crippen molar-refractivity contribution < 1.29 is 13.2 Å². The molecule has 1 aromatic carbocycles. The molecule has 2 aromatic heterocycles. The van der Waals surface area contributed by atoms with Crippen LogP contribution in [-0.2, 0) is 27.7 Å². The molecule has 1 fully saturated rings. The smallest absolute Gasteiger partial charge is 0.252 e. The second kappa shape index (κ2) is 8.06. The Morgan fingerprint density at radius 3 is 2.75 bits per heavy atom. The van der Waals surface area contributed by atoms with Crippen molar-refractivity contribution in [2.45, 2.75) is 29.9 Å². The molecule has 0 spiro atoms. The van der Waals surface area contributed by atoms with E-state index in [0.29, 0.717) is 23.8 Å². The van der Waals surface area contributed by atoms with E-state index in [0.717, 1.165) is 29.7 Å². The zero-order valence-electron chi connectivity index (χ0n) is 15.5. The molecule has 3 heterocycles. The lowest BCUT2D eigenvalue weighted by atomic mass is 10.1. The predicted octanol–water partition coefficient (Wildman–Crippen LogP) is 2.92. The van der Waals surface area contributed by atoms with E-state index in [9.17, 15) is 13.2 Å². The number of rotatable bonds is 7. The molecule has 2 N–H and O–H groups in total. The normalized spacial score (nSPS) is 15.3. The molecule has 28 heavy (non-hydrogen) atoms. The Hall–Kier alpha value is -2.16. The predicted molar refractivity (Wildman–Crippen MR) is 111 cm³/mol. The van der Waals surface area contributed by atoms with Crippen LogP contribution in [0.25, 0.3) is 10.9 Å². The van der Waals surface area contributed by atoms with E-state index in [1.807, 2.05) is 24.4 Å². The van der Waals surface area contributed by atoms with E-state index in [1.54, 1.807) is 12.1 Å². The molecule has 3 aromatic rings. The van der Waals surface area contributed by atoms with E-state index in [1.165, 1.54) is 26.6 Å². The summed E-state index contributed by atoms with van der Waals surface area (Å²) in [6, 6.07) is 11.4. The van der Waals surface area contributed by atoms with Gasteiger partial charge in [0.25, 0.3) is 10.0 Å². The molecule has 148 valence electrons. The summed E-state index contributed by atoms with van der Waals surface area (Å²) in [5.74, 6) is -0.0909. The van der Waals surface area contributed by atoms with Crippen LogP contribution in [0.1, 0.15) is 23.3 Å². The van der Waals surface area contributed by atoms with Crippen LogP contribution < -0.4 is 5.32 Å². The Labute approximate surface area is 168 Å². The van der Waals surface area contributed by atoms with Crippen LogP contribution in [0.3, 0.4) is 0 Å². The van der Waals surface area contributed by atoms with Gasteiger partial charge in [-0.15, -0.1) is 11.3 Å². The maximum absolute atomic E-state index is 12.6. The van der Waals surface area contributed by atoms with Gasteiger partial charge in [-0.2, -0.15) is 4.31 Å². The van der Waals surface area contributed by atoms with Gasteiger partial charge in [0.05, 0.1) is 6.42 Å². The fourth-order valence-electron chi connectivity index (χ4n) is 3.54. The van der Waals surface area contributed by atoms with Crippen molar-refractivity contribution in [3.63, 3.8) is 0 Å². The number of para-hydroxylation sites is 1. The van der Waals surface area contributed by atoms with Crippen LogP contribution in [0.4, 0.5) is 0 Å². The minimum Gasteiger partial charge on any atom is -0.361 e. The van der Waals surface area contributed by atoms with Crippen LogP contribution in [-0.4, -0.2) is 43.2 Å². The number of hydrogen-bond donors (Lipinski definition) is 2. The second-order valence-electron chi connectivity index (χ2n) is 6.97. The molecule has 0 bridgehead atoms. The fraction of sp³-hybridized carbons (Fsp3) is 0.350. The van der Waals surface area contributed by atoms with Crippen molar-refractivity contribution in [2.75, 3.05) is 19.6 Å². The summed E-state index contributed by atoms with van der Waals surface area (Å²) in [7, 11) is -3.40. The van der Waals surface area contributed by atoms with Gasteiger partial charge in [0.2, 0.25) is 5.91 Å². The van der Waals surface area contributed by atoms with E-state index >= 15 is 0 Å². The average molecular weight is 418 g/mol. The highest BCUT2D eigenvalue weighted by Crippen LogP contribution is 2.27. The molecule has 1 aliphatic heterocycles. The van der Waals surface area contributed by atoms with Crippen LogP contribution in [0.15, 0.2) is 46.8 Å². The van der Waals surface area contributed by atoms with Crippen LogP contribution in [0, 0.1) is 0 Å². The van der Waals surface area contributed by atoms with Crippen molar-refractivity contribution in [3.05, 3.63) is 53.0 Å². The zero-order valence-corrected chi connectivity index (χ0v) is 17.1. The maximum atomic E-state index is 12.6. The number of amides is 1. The minimum absolute atomic E-state index is 0.0909. The number of carbonyl (C=O) groups excluding carboxylic acids is 1. The number of sulfonamides is 1. The zero-order chi connectivity index (χ0) is 19.6. The third kappa shape index (κ3) is 3.99. The number of thiophene rings is 1. The Bertz CT molecular complexity index is 1080. The van der Waals surface area contributed by atoms with Crippen molar-refractivity contribution in [2.24, 2.45) is 0 Å². The number of hydrogen-bond acceptors (Lipinski definition) is 4. The summed E-state index contributed by atoms with van der Waals surface area (Å²) in [5, 5.41) is 4.10. The highest BCUT2D eigenvalue weighted by molar-refractivity contribution is 7.91. The van der Waals surface area contributed by atoms with Gasteiger partial charge in [0.15, 0.2) is 0 Å². The Kier molecular flexibility index (Phi) is 5.52. The van der Waals surface area contributed by atoms with Crippen molar-refractivity contribution >= 4 is 38.2 Å². The largest absolute Gasteiger partial charge is 0.361 e. The van der Waals surface area contributed by atoms with Crippen LogP contribution in [0.5, 0.6) is 0 Å². The molecule has 1 saturated heterocycles. The first kappa shape index (κ1) is 19.2. The van der Waals surface area contributed by atoms with Crippen molar-refractivity contribution in [1.82, 2.24) is 14.6 Å². The molecule has 0 aliphatic carbocycles. The summed E-state index contributed by atoms with van der Waals surface area (Å²) >= 11 is 1.19. The number of H-pyrrole nitrogens is 1. The first-order valence-corrected chi connectivity index (χ1v) is 11.7. The highest BCUT2D eigenvalue weighted by atomic mass is 32.2. The molecule has 1 amide bonds. The van der Waals surface area contributed by atoms with E-state index in [-0.39, 0.29) is 12.3 Å². The molecular weight excluding hydrogens is 394 g/mol. The number of aromatic amines is 1.